The summed E-state index contributed by atoms with van der Waals surface area (Å²) in [6.45, 7) is 5.30. The molecule has 4 rings (SSSR count). The van der Waals surface area contributed by atoms with E-state index in [1.807, 2.05) is 6.92 Å². The number of carbonyl (C=O) groups is 2. The van der Waals surface area contributed by atoms with Crippen molar-refractivity contribution in [2.45, 2.75) is 41.7 Å². The van der Waals surface area contributed by atoms with Crippen LogP contribution >= 0.6 is 23.4 Å². The van der Waals surface area contributed by atoms with Gasteiger partial charge in [-0.1, -0.05) is 24.6 Å². The first-order chi connectivity index (χ1) is 15.1. The first kappa shape index (κ1) is 22.9. The van der Waals surface area contributed by atoms with E-state index in [0.717, 1.165) is 30.2 Å². The van der Waals surface area contributed by atoms with Crippen molar-refractivity contribution in [1.82, 2.24) is 4.90 Å². The molecule has 1 fully saturated rings. The van der Waals surface area contributed by atoms with E-state index in [1.165, 1.54) is 12.1 Å². The summed E-state index contributed by atoms with van der Waals surface area (Å²) in [5.41, 5.74) is 1.56. The van der Waals surface area contributed by atoms with Crippen molar-refractivity contribution in [3.05, 3.63) is 47.0 Å². The van der Waals surface area contributed by atoms with Gasteiger partial charge in [0.15, 0.2) is 5.25 Å². The highest BCUT2D eigenvalue weighted by Crippen LogP contribution is 2.38. The summed E-state index contributed by atoms with van der Waals surface area (Å²) in [5.74, 6) is -0.0452. The monoisotopic (exact) mass is 493 g/mol. The molecule has 1 atom stereocenters. The van der Waals surface area contributed by atoms with Crippen molar-refractivity contribution in [2.75, 3.05) is 23.1 Å². The molecule has 0 radical (unpaired) electrons. The molecular weight excluding hydrogens is 470 g/mol. The third-order valence-corrected chi connectivity index (χ3v) is 8.79. The lowest BCUT2D eigenvalue weighted by Crippen LogP contribution is -2.47. The van der Waals surface area contributed by atoms with Gasteiger partial charge in [0.05, 0.1) is 16.3 Å². The number of hydrogen-bond donors (Lipinski definition) is 2. The number of benzene rings is 2. The molecule has 0 aromatic heterocycles. The van der Waals surface area contributed by atoms with Crippen LogP contribution in [0.2, 0.25) is 5.02 Å². The number of fused-ring (bicyclic) bond motifs is 1. The minimum absolute atomic E-state index is 0.00337. The molecule has 2 aliphatic rings. The Morgan fingerprint density at radius 3 is 2.59 bits per heavy atom. The number of aryl methyl sites for hydroxylation is 1. The molecule has 2 N–H and O–H groups in total. The molecule has 2 aromatic rings. The molecule has 7 nitrogen and oxygen atoms in total. The minimum atomic E-state index is -3.89. The van der Waals surface area contributed by atoms with Gasteiger partial charge >= 0.3 is 0 Å². The maximum Gasteiger partial charge on any atom is 0.261 e. The normalized spacial score (nSPS) is 19.3. The molecule has 0 aliphatic carbocycles. The summed E-state index contributed by atoms with van der Waals surface area (Å²) in [5, 5.41) is 2.30. The molecule has 0 unspecified atom stereocenters. The molecule has 2 aromatic carbocycles. The van der Waals surface area contributed by atoms with Crippen molar-refractivity contribution in [2.24, 2.45) is 5.92 Å². The van der Waals surface area contributed by atoms with E-state index in [2.05, 4.69) is 17.0 Å². The molecular formula is C22H24ClN3O4S2. The van der Waals surface area contributed by atoms with Crippen molar-refractivity contribution in [3.63, 3.8) is 0 Å². The summed E-state index contributed by atoms with van der Waals surface area (Å²) in [7, 11) is -3.89. The molecule has 0 saturated carbocycles. The van der Waals surface area contributed by atoms with Gasteiger partial charge in [0.1, 0.15) is 0 Å². The van der Waals surface area contributed by atoms with Gasteiger partial charge in [0.2, 0.25) is 11.8 Å². The summed E-state index contributed by atoms with van der Waals surface area (Å²) >= 11 is 7.24. The number of likely N-dealkylation sites (tertiary alicyclic amines) is 1. The van der Waals surface area contributed by atoms with E-state index in [-0.39, 0.29) is 10.8 Å². The molecule has 170 valence electrons. The summed E-state index contributed by atoms with van der Waals surface area (Å²) in [6.07, 6.45) is 1.86. The highest BCUT2D eigenvalue weighted by atomic mass is 35.5. The van der Waals surface area contributed by atoms with Crippen molar-refractivity contribution in [1.29, 1.82) is 0 Å². The number of rotatable bonds is 4. The van der Waals surface area contributed by atoms with Gasteiger partial charge in [-0.05, 0) is 61.6 Å². The summed E-state index contributed by atoms with van der Waals surface area (Å²) in [6, 6.07) is 9.39. The Morgan fingerprint density at radius 1 is 1.19 bits per heavy atom. The number of sulfonamides is 1. The first-order valence-corrected chi connectivity index (χ1v) is 13.1. The number of halogens is 1. The van der Waals surface area contributed by atoms with E-state index in [9.17, 15) is 18.0 Å². The van der Waals surface area contributed by atoms with Crippen LogP contribution in [-0.4, -0.2) is 43.5 Å². The molecule has 2 amide bonds. The van der Waals surface area contributed by atoms with Crippen LogP contribution in [0.4, 0.5) is 11.4 Å². The Morgan fingerprint density at radius 2 is 1.91 bits per heavy atom. The van der Waals surface area contributed by atoms with Crippen molar-refractivity contribution < 1.29 is 18.0 Å². The summed E-state index contributed by atoms with van der Waals surface area (Å²) < 4.78 is 28.2. The maximum atomic E-state index is 12.9. The third-order valence-electron chi connectivity index (χ3n) is 5.75. The molecule has 0 bridgehead atoms. The van der Waals surface area contributed by atoms with Crippen molar-refractivity contribution in [3.8, 4) is 0 Å². The van der Waals surface area contributed by atoms with Crippen LogP contribution < -0.4 is 10.0 Å². The van der Waals surface area contributed by atoms with E-state index < -0.39 is 21.2 Å². The standard InChI is InChI=1S/C22H24ClN3O4S2/c1-13-7-9-26(10-8-13)22(28)20-21(27)24-18-12-16(5-6-19(18)31-20)32(29,30)25-15-4-3-14(2)17(23)11-15/h3-6,11-13,20,25H,7-10H2,1-2H3,(H,24,27)/t20-/m0/s1. The zero-order valence-electron chi connectivity index (χ0n) is 17.7. The summed E-state index contributed by atoms with van der Waals surface area (Å²) in [4.78, 5) is 28.0. The van der Waals surface area contributed by atoms with E-state index in [1.54, 1.807) is 29.2 Å². The van der Waals surface area contributed by atoms with E-state index in [4.69, 9.17) is 11.6 Å². The molecule has 2 heterocycles. The molecule has 2 aliphatic heterocycles. The van der Waals surface area contributed by atoms with Gasteiger partial charge < -0.3 is 10.2 Å². The largest absolute Gasteiger partial charge is 0.341 e. The third kappa shape index (κ3) is 4.74. The van der Waals surface area contributed by atoms with E-state index in [0.29, 0.717) is 40.3 Å². The molecule has 32 heavy (non-hydrogen) atoms. The highest BCUT2D eigenvalue weighted by Gasteiger charge is 2.37. The van der Waals surface area contributed by atoms with Gasteiger partial charge in [-0.25, -0.2) is 8.42 Å². The Bertz CT molecular complexity index is 1180. The number of thioether (sulfide) groups is 1. The number of piperidine rings is 1. The Balaban J connectivity index is 1.52. The maximum absolute atomic E-state index is 12.9. The number of carbonyl (C=O) groups excluding carboxylic acids is 2. The van der Waals surface area contributed by atoms with Crippen molar-refractivity contribution >= 4 is 56.6 Å². The average molecular weight is 494 g/mol. The van der Waals surface area contributed by atoms with Gasteiger partial charge in [-0.3, -0.25) is 14.3 Å². The topological polar surface area (TPSA) is 95.6 Å². The van der Waals surface area contributed by atoms with Gasteiger partial charge in [-0.15, -0.1) is 11.8 Å². The second-order valence-electron chi connectivity index (χ2n) is 8.22. The zero-order chi connectivity index (χ0) is 23.0. The number of amides is 2. The Kier molecular flexibility index (Phi) is 6.42. The second-order valence-corrected chi connectivity index (χ2v) is 11.5. The lowest BCUT2D eigenvalue weighted by molar-refractivity contribution is -0.135. The van der Waals surface area contributed by atoms with Crippen LogP contribution in [0.5, 0.6) is 0 Å². The predicted molar refractivity (Wildman–Crippen MR) is 127 cm³/mol. The van der Waals surface area contributed by atoms with Crippen LogP contribution in [-0.2, 0) is 19.6 Å². The quantitative estimate of drug-likeness (QED) is 0.624. The van der Waals surface area contributed by atoms with Gasteiger partial charge in [0.25, 0.3) is 10.0 Å². The number of nitrogens with one attached hydrogen (secondary N) is 2. The fourth-order valence-electron chi connectivity index (χ4n) is 3.68. The molecule has 10 heteroatoms. The number of anilines is 2. The smallest absolute Gasteiger partial charge is 0.261 e. The fraction of sp³-hybridized carbons (Fsp3) is 0.364. The van der Waals surface area contributed by atoms with Crippen LogP contribution in [0, 0.1) is 12.8 Å². The average Bonchev–Trinajstić information content (AvgIpc) is 2.75. The fourth-order valence-corrected chi connectivity index (χ4v) is 5.99. The second kappa shape index (κ2) is 8.96. The lowest BCUT2D eigenvalue weighted by Gasteiger charge is -2.33. The van der Waals surface area contributed by atoms with Crippen LogP contribution in [0.3, 0.4) is 0 Å². The predicted octanol–water partition coefficient (Wildman–Crippen LogP) is 4.12. The van der Waals surface area contributed by atoms with Gasteiger partial charge in [0, 0.05) is 23.0 Å². The van der Waals surface area contributed by atoms with Gasteiger partial charge in [-0.2, -0.15) is 0 Å². The Hall–Kier alpha value is -2.23. The van der Waals surface area contributed by atoms with Crippen LogP contribution in [0.1, 0.15) is 25.3 Å². The highest BCUT2D eigenvalue weighted by molar-refractivity contribution is 8.01. The number of nitrogens with zero attached hydrogens (tertiary/aromatic N) is 1. The van der Waals surface area contributed by atoms with Crippen LogP contribution in [0.15, 0.2) is 46.2 Å². The Labute approximate surface area is 196 Å². The molecule has 0 spiro atoms. The minimum Gasteiger partial charge on any atom is -0.341 e. The first-order valence-electron chi connectivity index (χ1n) is 10.3. The zero-order valence-corrected chi connectivity index (χ0v) is 20.1. The lowest BCUT2D eigenvalue weighted by atomic mass is 9.99. The van der Waals surface area contributed by atoms with Crippen LogP contribution in [0.25, 0.3) is 0 Å². The van der Waals surface area contributed by atoms with E-state index >= 15 is 0 Å². The SMILES string of the molecule is Cc1ccc(NS(=O)(=O)c2ccc3c(c2)NC(=O)[C@@H](C(=O)N2CCC(C)CC2)S3)cc1Cl. The number of hydrogen-bond acceptors (Lipinski definition) is 5. The molecule has 1 saturated heterocycles.